The molecule has 0 aliphatic carbocycles. The van der Waals surface area contributed by atoms with Gasteiger partial charge in [-0.3, -0.25) is 0 Å². The van der Waals surface area contributed by atoms with Gasteiger partial charge >= 0.3 is 0 Å². The van der Waals surface area contributed by atoms with Crippen molar-refractivity contribution in [1.82, 2.24) is 9.97 Å². The summed E-state index contributed by atoms with van der Waals surface area (Å²) in [6.45, 7) is 8.85. The van der Waals surface area contributed by atoms with Crippen molar-refractivity contribution in [2.24, 2.45) is 5.41 Å². The van der Waals surface area contributed by atoms with Gasteiger partial charge in [-0.15, -0.1) is 0 Å². The van der Waals surface area contributed by atoms with Gasteiger partial charge < -0.3 is 10.2 Å². The average Bonchev–Trinajstić information content (AvgIpc) is 2.59. The first-order valence-electron chi connectivity index (χ1n) is 5.78. The van der Waals surface area contributed by atoms with E-state index in [1.54, 1.807) is 0 Å². The topological polar surface area (TPSA) is 41.1 Å². The maximum absolute atomic E-state index is 4.54. The normalized spacial score (nSPS) is 18.9. The van der Waals surface area contributed by atoms with Crippen LogP contribution in [-0.2, 0) is 0 Å². The highest BCUT2D eigenvalue weighted by Crippen LogP contribution is 2.32. The fourth-order valence-corrected chi connectivity index (χ4v) is 2.17. The highest BCUT2D eigenvalue weighted by Gasteiger charge is 2.30. The SMILES string of the molecule is CNc1ncc(C)c(N2CCC(C)(C)C2)n1. The maximum Gasteiger partial charge on any atom is 0.224 e. The van der Waals surface area contributed by atoms with Gasteiger partial charge in [-0.2, -0.15) is 4.98 Å². The van der Waals surface area contributed by atoms with Gasteiger partial charge in [0, 0.05) is 31.9 Å². The number of hydrogen-bond acceptors (Lipinski definition) is 4. The second-order valence-corrected chi connectivity index (χ2v) is 5.29. The molecule has 4 nitrogen and oxygen atoms in total. The van der Waals surface area contributed by atoms with Crippen molar-refractivity contribution in [1.29, 1.82) is 0 Å². The Morgan fingerprint density at radius 3 is 2.75 bits per heavy atom. The van der Waals surface area contributed by atoms with Crippen LogP contribution in [0.15, 0.2) is 6.20 Å². The Morgan fingerprint density at radius 2 is 2.19 bits per heavy atom. The molecule has 4 heteroatoms. The molecule has 0 aromatic carbocycles. The maximum atomic E-state index is 4.54. The molecule has 0 saturated carbocycles. The molecule has 0 bridgehead atoms. The van der Waals surface area contributed by atoms with Crippen molar-refractivity contribution in [3.63, 3.8) is 0 Å². The van der Waals surface area contributed by atoms with E-state index in [0.29, 0.717) is 11.4 Å². The van der Waals surface area contributed by atoms with Gasteiger partial charge in [-0.1, -0.05) is 13.8 Å². The van der Waals surface area contributed by atoms with Gasteiger partial charge in [-0.05, 0) is 18.8 Å². The summed E-state index contributed by atoms with van der Waals surface area (Å²) in [5.74, 6) is 1.77. The van der Waals surface area contributed by atoms with Crippen molar-refractivity contribution in [3.8, 4) is 0 Å². The molecule has 16 heavy (non-hydrogen) atoms. The summed E-state index contributed by atoms with van der Waals surface area (Å²) in [5.41, 5.74) is 1.55. The summed E-state index contributed by atoms with van der Waals surface area (Å²) in [5, 5.41) is 2.99. The minimum Gasteiger partial charge on any atom is -0.357 e. The summed E-state index contributed by atoms with van der Waals surface area (Å²) in [7, 11) is 1.85. The summed E-state index contributed by atoms with van der Waals surface area (Å²) in [6.07, 6.45) is 3.12. The first-order chi connectivity index (χ1) is 7.52. The van der Waals surface area contributed by atoms with Crippen LogP contribution in [0.1, 0.15) is 25.8 Å². The third kappa shape index (κ3) is 2.10. The molecular formula is C12H20N4. The van der Waals surface area contributed by atoms with E-state index < -0.39 is 0 Å². The van der Waals surface area contributed by atoms with Crippen molar-refractivity contribution in [2.75, 3.05) is 30.4 Å². The lowest BCUT2D eigenvalue weighted by Gasteiger charge is -2.22. The molecule has 1 N–H and O–H groups in total. The molecule has 1 aliphatic rings. The Bertz CT molecular complexity index is 387. The monoisotopic (exact) mass is 220 g/mol. The molecule has 0 radical (unpaired) electrons. The number of anilines is 2. The van der Waals surface area contributed by atoms with Crippen LogP contribution in [0.3, 0.4) is 0 Å². The van der Waals surface area contributed by atoms with Crippen molar-refractivity contribution < 1.29 is 0 Å². The number of nitrogens with one attached hydrogen (secondary N) is 1. The van der Waals surface area contributed by atoms with Crippen LogP contribution >= 0.6 is 0 Å². The molecule has 1 fully saturated rings. The van der Waals surface area contributed by atoms with E-state index in [4.69, 9.17) is 0 Å². The van der Waals surface area contributed by atoms with Gasteiger partial charge in [-0.25, -0.2) is 4.98 Å². The molecule has 2 heterocycles. The summed E-state index contributed by atoms with van der Waals surface area (Å²) < 4.78 is 0. The van der Waals surface area contributed by atoms with Crippen LogP contribution in [0, 0.1) is 12.3 Å². The van der Waals surface area contributed by atoms with Crippen LogP contribution in [0.2, 0.25) is 0 Å². The standard InChI is InChI=1S/C12H20N4/c1-9-7-14-11(13-4)15-10(9)16-6-5-12(2,3)8-16/h7H,5-6,8H2,1-4H3,(H,13,14,15). The lowest BCUT2D eigenvalue weighted by molar-refractivity contribution is 0.418. The minimum absolute atomic E-state index is 0.400. The highest BCUT2D eigenvalue weighted by atomic mass is 15.2. The number of nitrogens with zero attached hydrogens (tertiary/aromatic N) is 3. The number of hydrogen-bond donors (Lipinski definition) is 1. The summed E-state index contributed by atoms with van der Waals surface area (Å²) in [4.78, 5) is 11.1. The number of aromatic nitrogens is 2. The molecule has 0 spiro atoms. The van der Waals surface area contributed by atoms with Crippen molar-refractivity contribution in [3.05, 3.63) is 11.8 Å². The molecule has 0 amide bonds. The zero-order valence-corrected chi connectivity index (χ0v) is 10.5. The van der Waals surface area contributed by atoms with Crippen LogP contribution < -0.4 is 10.2 Å². The van der Waals surface area contributed by atoms with Crippen molar-refractivity contribution >= 4 is 11.8 Å². The van der Waals surface area contributed by atoms with Gasteiger partial charge in [0.1, 0.15) is 5.82 Å². The number of rotatable bonds is 2. The van der Waals surface area contributed by atoms with Crippen LogP contribution in [0.5, 0.6) is 0 Å². The number of aryl methyl sites for hydroxylation is 1. The van der Waals surface area contributed by atoms with Crippen LogP contribution in [0.25, 0.3) is 0 Å². The molecule has 2 rings (SSSR count). The van der Waals surface area contributed by atoms with E-state index in [2.05, 4.69) is 41.0 Å². The average molecular weight is 220 g/mol. The van der Waals surface area contributed by atoms with Crippen molar-refractivity contribution in [2.45, 2.75) is 27.2 Å². The molecule has 1 aromatic rings. The Balaban J connectivity index is 2.27. The molecular weight excluding hydrogens is 200 g/mol. The van der Waals surface area contributed by atoms with Gasteiger partial charge in [0.15, 0.2) is 0 Å². The van der Waals surface area contributed by atoms with E-state index in [9.17, 15) is 0 Å². The lowest BCUT2D eigenvalue weighted by Crippen LogP contribution is -2.24. The second-order valence-electron chi connectivity index (χ2n) is 5.29. The van der Waals surface area contributed by atoms with Gasteiger partial charge in [0.25, 0.3) is 0 Å². The van der Waals surface area contributed by atoms with Crippen LogP contribution in [0.4, 0.5) is 11.8 Å². The van der Waals surface area contributed by atoms with Gasteiger partial charge in [0.05, 0.1) is 0 Å². The Labute approximate surface area is 97.1 Å². The van der Waals surface area contributed by atoms with E-state index in [1.165, 1.54) is 6.42 Å². The molecule has 1 saturated heterocycles. The largest absolute Gasteiger partial charge is 0.357 e. The Kier molecular flexibility index (Phi) is 2.74. The zero-order valence-electron chi connectivity index (χ0n) is 10.5. The van der Waals surface area contributed by atoms with E-state index >= 15 is 0 Å². The van der Waals surface area contributed by atoms with Gasteiger partial charge in [0.2, 0.25) is 5.95 Å². The fourth-order valence-electron chi connectivity index (χ4n) is 2.17. The zero-order chi connectivity index (χ0) is 11.8. The first-order valence-corrected chi connectivity index (χ1v) is 5.78. The quantitative estimate of drug-likeness (QED) is 0.828. The van der Waals surface area contributed by atoms with E-state index in [1.807, 2.05) is 13.2 Å². The summed E-state index contributed by atoms with van der Waals surface area (Å²) >= 11 is 0. The third-order valence-electron chi connectivity index (χ3n) is 3.15. The fraction of sp³-hybridized carbons (Fsp3) is 0.667. The molecule has 1 aliphatic heterocycles. The van der Waals surface area contributed by atoms with E-state index in [-0.39, 0.29) is 0 Å². The Hall–Kier alpha value is -1.32. The third-order valence-corrected chi connectivity index (χ3v) is 3.15. The van der Waals surface area contributed by atoms with Crippen LogP contribution in [-0.4, -0.2) is 30.1 Å². The second kappa shape index (κ2) is 3.92. The van der Waals surface area contributed by atoms with E-state index in [0.717, 1.165) is 24.5 Å². The molecule has 0 unspecified atom stereocenters. The molecule has 1 aromatic heterocycles. The first kappa shape index (κ1) is 11.2. The lowest BCUT2D eigenvalue weighted by atomic mass is 9.93. The Morgan fingerprint density at radius 1 is 1.44 bits per heavy atom. The highest BCUT2D eigenvalue weighted by molar-refractivity contribution is 5.49. The minimum atomic E-state index is 0.400. The predicted octanol–water partition coefficient (Wildman–Crippen LogP) is 2.06. The smallest absolute Gasteiger partial charge is 0.224 e. The predicted molar refractivity (Wildman–Crippen MR) is 66.9 cm³/mol. The molecule has 88 valence electrons. The molecule has 0 atom stereocenters. The summed E-state index contributed by atoms with van der Waals surface area (Å²) in [6, 6.07) is 0.